The van der Waals surface area contributed by atoms with Gasteiger partial charge in [-0.25, -0.2) is 0 Å². The van der Waals surface area contributed by atoms with E-state index in [1.165, 1.54) is 25.8 Å². The van der Waals surface area contributed by atoms with Crippen LogP contribution in [-0.4, -0.2) is 35.4 Å². The zero-order valence-electron chi connectivity index (χ0n) is 13.2. The van der Waals surface area contributed by atoms with Gasteiger partial charge < -0.3 is 5.32 Å². The molecule has 1 saturated carbocycles. The van der Waals surface area contributed by atoms with Crippen molar-refractivity contribution >= 4 is 11.5 Å². The zero-order valence-corrected chi connectivity index (χ0v) is 13.2. The molecule has 3 nitrogen and oxygen atoms in total. The monoisotopic (exact) mass is 296 g/mol. The number of benzene rings is 1. The van der Waals surface area contributed by atoms with Gasteiger partial charge in [-0.2, -0.15) is 0 Å². The Hall–Kier alpha value is -1.35. The number of carbonyl (C=O) groups is 1. The first-order valence-corrected chi connectivity index (χ1v) is 8.89. The van der Waals surface area contributed by atoms with Crippen molar-refractivity contribution < 1.29 is 4.79 Å². The maximum Gasteiger partial charge on any atom is 0.190 e. The molecule has 22 heavy (non-hydrogen) atoms. The van der Waals surface area contributed by atoms with E-state index in [1.54, 1.807) is 0 Å². The highest BCUT2D eigenvalue weighted by atomic mass is 16.1. The SMILES string of the molecule is CC[C@@H]1C[C@@H]2C[C@@H]3[C@H]1N(CC[C@@]31Nc3ccccc3C1=O)C2. The number of rotatable bonds is 1. The fraction of sp³-hybridized carbons (Fsp3) is 0.632. The predicted molar refractivity (Wildman–Crippen MR) is 87.1 cm³/mol. The van der Waals surface area contributed by atoms with Gasteiger partial charge in [-0.05, 0) is 43.2 Å². The Morgan fingerprint density at radius 2 is 2.18 bits per heavy atom. The van der Waals surface area contributed by atoms with E-state index < -0.39 is 0 Å². The molecule has 1 aromatic carbocycles. The van der Waals surface area contributed by atoms with Crippen LogP contribution >= 0.6 is 0 Å². The van der Waals surface area contributed by atoms with Gasteiger partial charge in [-0.3, -0.25) is 9.69 Å². The Morgan fingerprint density at radius 1 is 1.32 bits per heavy atom. The van der Waals surface area contributed by atoms with Crippen molar-refractivity contribution in [3.05, 3.63) is 29.8 Å². The summed E-state index contributed by atoms with van der Waals surface area (Å²) >= 11 is 0. The molecule has 0 amide bonds. The summed E-state index contributed by atoms with van der Waals surface area (Å²) in [5, 5.41) is 3.71. The molecule has 6 atom stereocenters. The minimum atomic E-state index is -0.308. The third-order valence-corrected chi connectivity index (χ3v) is 6.92. The molecule has 4 bridgehead atoms. The molecule has 0 radical (unpaired) electrons. The second-order valence-corrected chi connectivity index (χ2v) is 7.82. The molecule has 4 fully saturated rings. The lowest BCUT2D eigenvalue weighted by Gasteiger charge is -2.62. The Bertz CT molecular complexity index is 634. The zero-order chi connectivity index (χ0) is 14.9. The normalized spacial score (nSPS) is 45.0. The summed E-state index contributed by atoms with van der Waals surface area (Å²) in [6.45, 7) is 4.68. The number of Topliss-reactive ketones (excluding diaryl/α,β-unsaturated/α-hetero) is 1. The Morgan fingerprint density at radius 3 is 3.00 bits per heavy atom. The Balaban J connectivity index is 1.59. The molecule has 1 N–H and O–H groups in total. The highest BCUT2D eigenvalue weighted by Crippen LogP contribution is 2.54. The van der Waals surface area contributed by atoms with Gasteiger partial charge in [0.2, 0.25) is 0 Å². The molecule has 5 aliphatic rings. The van der Waals surface area contributed by atoms with E-state index in [1.807, 2.05) is 18.2 Å². The highest BCUT2D eigenvalue weighted by molar-refractivity contribution is 6.13. The van der Waals surface area contributed by atoms with Gasteiger partial charge in [0, 0.05) is 36.3 Å². The van der Waals surface area contributed by atoms with E-state index in [0.29, 0.717) is 17.7 Å². The fourth-order valence-electron chi connectivity index (χ4n) is 6.06. The largest absolute Gasteiger partial charge is 0.372 e. The summed E-state index contributed by atoms with van der Waals surface area (Å²) in [6.07, 6.45) is 4.85. The standard InChI is InChI=1S/C19H24N2O/c1-2-13-9-12-10-15-17(13)21(11-12)8-7-19(15)18(22)14-5-3-4-6-16(14)20-19/h3-6,12-13,15,17,20H,2,7-11H2,1H3/t12-,13-,15-,17+,19-/m1/s1. The van der Waals surface area contributed by atoms with E-state index in [2.05, 4.69) is 23.2 Å². The Labute approximate surface area is 132 Å². The van der Waals surface area contributed by atoms with E-state index in [9.17, 15) is 4.79 Å². The number of carbonyl (C=O) groups excluding carboxylic acids is 1. The lowest BCUT2D eigenvalue weighted by Crippen LogP contribution is -2.70. The number of para-hydroxylation sites is 1. The van der Waals surface area contributed by atoms with Crippen LogP contribution in [0.1, 0.15) is 43.0 Å². The average Bonchev–Trinajstić information content (AvgIpc) is 2.85. The minimum absolute atomic E-state index is 0.308. The van der Waals surface area contributed by atoms with Crippen LogP contribution in [-0.2, 0) is 0 Å². The second-order valence-electron chi connectivity index (χ2n) is 7.82. The van der Waals surface area contributed by atoms with Gasteiger partial charge in [0.15, 0.2) is 5.78 Å². The third kappa shape index (κ3) is 1.48. The van der Waals surface area contributed by atoms with Crippen LogP contribution in [0.2, 0.25) is 0 Å². The van der Waals surface area contributed by atoms with Crippen LogP contribution in [0.4, 0.5) is 5.69 Å². The summed E-state index contributed by atoms with van der Waals surface area (Å²) < 4.78 is 0. The van der Waals surface area contributed by atoms with E-state index in [-0.39, 0.29) is 5.54 Å². The molecule has 6 rings (SSSR count). The lowest BCUT2D eigenvalue weighted by atomic mass is 9.56. The number of nitrogens with zero attached hydrogens (tertiary/aromatic N) is 1. The molecular formula is C19H24N2O. The molecule has 1 spiro atoms. The van der Waals surface area contributed by atoms with Crippen LogP contribution in [0.15, 0.2) is 24.3 Å². The molecule has 1 aliphatic carbocycles. The number of piperidine rings is 3. The van der Waals surface area contributed by atoms with Crippen LogP contribution in [0.3, 0.4) is 0 Å². The van der Waals surface area contributed by atoms with Crippen LogP contribution in [0, 0.1) is 17.8 Å². The molecule has 0 aromatic heterocycles. The fourth-order valence-corrected chi connectivity index (χ4v) is 6.06. The summed E-state index contributed by atoms with van der Waals surface area (Å²) in [7, 11) is 0. The summed E-state index contributed by atoms with van der Waals surface area (Å²) in [5.41, 5.74) is 1.68. The average molecular weight is 296 g/mol. The quantitative estimate of drug-likeness (QED) is 0.864. The third-order valence-electron chi connectivity index (χ3n) is 6.92. The lowest BCUT2D eigenvalue weighted by molar-refractivity contribution is -0.0893. The molecule has 3 saturated heterocycles. The first kappa shape index (κ1) is 13.1. The first-order valence-electron chi connectivity index (χ1n) is 8.89. The van der Waals surface area contributed by atoms with E-state index >= 15 is 0 Å². The molecule has 4 aliphatic heterocycles. The topological polar surface area (TPSA) is 32.3 Å². The number of hydrogen-bond acceptors (Lipinski definition) is 3. The number of ketones is 1. The van der Waals surface area contributed by atoms with Crippen LogP contribution in [0.5, 0.6) is 0 Å². The van der Waals surface area contributed by atoms with Crippen molar-refractivity contribution in [3.63, 3.8) is 0 Å². The van der Waals surface area contributed by atoms with Gasteiger partial charge >= 0.3 is 0 Å². The number of fused-ring (bicyclic) bond motifs is 2. The summed E-state index contributed by atoms with van der Waals surface area (Å²) in [6, 6.07) is 8.73. The number of anilines is 1. The molecular weight excluding hydrogens is 272 g/mol. The number of nitrogens with one attached hydrogen (secondary N) is 1. The molecule has 1 aromatic rings. The van der Waals surface area contributed by atoms with Crippen molar-refractivity contribution in [2.24, 2.45) is 17.8 Å². The van der Waals surface area contributed by atoms with Crippen LogP contribution in [0.25, 0.3) is 0 Å². The van der Waals surface area contributed by atoms with Crippen molar-refractivity contribution in [2.45, 2.75) is 44.2 Å². The van der Waals surface area contributed by atoms with Crippen molar-refractivity contribution in [2.75, 3.05) is 18.4 Å². The summed E-state index contributed by atoms with van der Waals surface area (Å²) in [5.74, 6) is 2.46. The van der Waals surface area contributed by atoms with E-state index in [4.69, 9.17) is 0 Å². The van der Waals surface area contributed by atoms with Crippen molar-refractivity contribution in [3.8, 4) is 0 Å². The van der Waals surface area contributed by atoms with Gasteiger partial charge in [0.05, 0.1) is 0 Å². The van der Waals surface area contributed by atoms with E-state index in [0.717, 1.165) is 36.1 Å². The molecule has 1 unspecified atom stereocenters. The van der Waals surface area contributed by atoms with Gasteiger partial charge in [0.25, 0.3) is 0 Å². The minimum Gasteiger partial charge on any atom is -0.372 e. The summed E-state index contributed by atoms with van der Waals surface area (Å²) in [4.78, 5) is 16.0. The first-order chi connectivity index (χ1) is 10.7. The molecule has 3 heteroatoms. The second kappa shape index (κ2) is 4.35. The Kier molecular flexibility index (Phi) is 2.59. The maximum atomic E-state index is 13.3. The predicted octanol–water partition coefficient (Wildman–Crippen LogP) is 3.17. The van der Waals surface area contributed by atoms with Crippen LogP contribution < -0.4 is 5.32 Å². The molecule has 116 valence electrons. The van der Waals surface area contributed by atoms with Crippen molar-refractivity contribution in [1.29, 1.82) is 0 Å². The highest BCUT2D eigenvalue weighted by Gasteiger charge is 2.61. The molecule has 4 heterocycles. The van der Waals surface area contributed by atoms with Gasteiger partial charge in [-0.15, -0.1) is 0 Å². The maximum absolute atomic E-state index is 13.3. The van der Waals surface area contributed by atoms with Gasteiger partial charge in [-0.1, -0.05) is 25.5 Å². The number of hydrogen-bond donors (Lipinski definition) is 1. The smallest absolute Gasteiger partial charge is 0.190 e. The van der Waals surface area contributed by atoms with Crippen molar-refractivity contribution in [1.82, 2.24) is 4.90 Å². The van der Waals surface area contributed by atoms with Gasteiger partial charge in [0.1, 0.15) is 5.54 Å².